The number of rotatable bonds is 3. The molecule has 0 aliphatic heterocycles. The van der Waals surface area contributed by atoms with Gasteiger partial charge in [0.25, 0.3) is 0 Å². The second-order valence-electron chi connectivity index (χ2n) is 3.02. The van der Waals surface area contributed by atoms with Crippen molar-refractivity contribution in [2.24, 2.45) is 0 Å². The molecule has 0 nitrogen and oxygen atoms in total. The van der Waals surface area contributed by atoms with Gasteiger partial charge in [-0.1, -0.05) is 42.8 Å². The Bertz CT molecular complexity index is 302. The largest absolute Gasteiger partial charge is 0.102 e. The maximum atomic E-state index is 6.19. The average Bonchev–Trinajstić information content (AvgIpc) is 2.17. The second-order valence-corrected chi connectivity index (χ2v) is 3.39. The summed E-state index contributed by atoms with van der Waals surface area (Å²) in [6, 6.07) is 6.06. The van der Waals surface area contributed by atoms with Crippen LogP contribution in [-0.4, -0.2) is 0 Å². The van der Waals surface area contributed by atoms with Gasteiger partial charge in [-0.25, -0.2) is 0 Å². The van der Waals surface area contributed by atoms with Gasteiger partial charge in [-0.15, -0.1) is 6.58 Å². The van der Waals surface area contributed by atoms with E-state index in [2.05, 4.69) is 20.4 Å². The zero-order valence-electron chi connectivity index (χ0n) is 7.89. The summed E-state index contributed by atoms with van der Waals surface area (Å²) >= 11 is 6.19. The zero-order valence-corrected chi connectivity index (χ0v) is 8.64. The summed E-state index contributed by atoms with van der Waals surface area (Å²) in [6.45, 7) is 9.77. The van der Waals surface area contributed by atoms with Gasteiger partial charge in [-0.3, -0.25) is 0 Å². The summed E-state index contributed by atoms with van der Waals surface area (Å²) in [4.78, 5) is 0. The fourth-order valence-electron chi connectivity index (χ4n) is 1.29. The highest BCUT2D eigenvalue weighted by Gasteiger charge is 2.08. The first-order chi connectivity index (χ1) is 6.20. The molecule has 1 aromatic carbocycles. The van der Waals surface area contributed by atoms with Crippen LogP contribution >= 0.6 is 11.6 Å². The molecule has 1 aromatic rings. The smallest absolute Gasteiger partial charge is 0.0475 e. The van der Waals surface area contributed by atoms with E-state index in [1.165, 1.54) is 5.56 Å². The molecule has 1 heteroatoms. The van der Waals surface area contributed by atoms with Crippen molar-refractivity contribution in [3.8, 4) is 0 Å². The summed E-state index contributed by atoms with van der Waals surface area (Å²) in [5.41, 5.74) is 2.24. The summed E-state index contributed by atoms with van der Waals surface area (Å²) < 4.78 is 0. The molecule has 1 radical (unpaired) electrons. The molecule has 69 valence electrons. The Morgan fingerprint density at radius 1 is 1.54 bits per heavy atom. The van der Waals surface area contributed by atoms with Crippen LogP contribution in [0.3, 0.4) is 0 Å². The molecular weight excluding hydrogens is 180 g/mol. The van der Waals surface area contributed by atoms with E-state index in [1.807, 2.05) is 18.2 Å². The lowest BCUT2D eigenvalue weighted by Crippen LogP contribution is -1.93. The predicted octanol–water partition coefficient (Wildman–Crippen LogP) is 4.01. The van der Waals surface area contributed by atoms with Crippen LogP contribution in [0.15, 0.2) is 30.9 Å². The van der Waals surface area contributed by atoms with Crippen LogP contribution in [0.1, 0.15) is 24.0 Å². The molecule has 0 spiro atoms. The fraction of sp³-hybridized carbons (Fsp3) is 0.250. The van der Waals surface area contributed by atoms with Gasteiger partial charge in [0.1, 0.15) is 0 Å². The van der Waals surface area contributed by atoms with Crippen LogP contribution < -0.4 is 0 Å². The average molecular weight is 194 g/mol. The first kappa shape index (κ1) is 10.3. The fourth-order valence-corrected chi connectivity index (χ4v) is 1.69. The van der Waals surface area contributed by atoms with Crippen molar-refractivity contribution >= 4 is 11.6 Å². The number of aryl methyl sites for hydroxylation is 1. The standard InChI is InChI=1S/C12H14Cl/c1-4-9(3)11-8-6-7-10(5-2)12(11)13/h4,6-9H,1,3,5H2,2H3. The van der Waals surface area contributed by atoms with Crippen LogP contribution in [0, 0.1) is 6.92 Å². The Morgan fingerprint density at radius 3 is 2.77 bits per heavy atom. The maximum absolute atomic E-state index is 6.19. The molecule has 1 rings (SSSR count). The molecule has 0 saturated carbocycles. The Morgan fingerprint density at radius 2 is 2.23 bits per heavy atom. The van der Waals surface area contributed by atoms with Crippen LogP contribution in [0.2, 0.25) is 5.02 Å². The normalized spacial score (nSPS) is 12.5. The van der Waals surface area contributed by atoms with Gasteiger partial charge >= 0.3 is 0 Å². The SMILES string of the molecule is [CH2]C(C=C)c1cccc(CC)c1Cl. The van der Waals surface area contributed by atoms with Crippen molar-refractivity contribution in [3.05, 3.63) is 53.9 Å². The van der Waals surface area contributed by atoms with Gasteiger partial charge in [-0.2, -0.15) is 0 Å². The molecular formula is C12H14Cl. The highest BCUT2D eigenvalue weighted by molar-refractivity contribution is 6.32. The Labute approximate surface area is 85.2 Å². The van der Waals surface area contributed by atoms with E-state index >= 15 is 0 Å². The van der Waals surface area contributed by atoms with Gasteiger partial charge < -0.3 is 0 Å². The van der Waals surface area contributed by atoms with Crippen molar-refractivity contribution in [2.75, 3.05) is 0 Å². The van der Waals surface area contributed by atoms with Crippen LogP contribution in [0.5, 0.6) is 0 Å². The molecule has 0 aliphatic carbocycles. The molecule has 0 N–H and O–H groups in total. The minimum atomic E-state index is 0.0824. The molecule has 0 aromatic heterocycles. The minimum absolute atomic E-state index is 0.0824. The maximum Gasteiger partial charge on any atom is 0.0475 e. The molecule has 0 amide bonds. The van der Waals surface area contributed by atoms with Crippen molar-refractivity contribution < 1.29 is 0 Å². The highest BCUT2D eigenvalue weighted by Crippen LogP contribution is 2.28. The lowest BCUT2D eigenvalue weighted by molar-refractivity contribution is 1.05. The number of hydrogen-bond donors (Lipinski definition) is 0. The van der Waals surface area contributed by atoms with Gasteiger partial charge in [0, 0.05) is 10.9 Å². The monoisotopic (exact) mass is 193 g/mol. The summed E-state index contributed by atoms with van der Waals surface area (Å²) in [7, 11) is 0. The summed E-state index contributed by atoms with van der Waals surface area (Å²) in [6.07, 6.45) is 2.76. The number of halogens is 1. The lowest BCUT2D eigenvalue weighted by atomic mass is 9.98. The van der Waals surface area contributed by atoms with Crippen LogP contribution in [-0.2, 0) is 6.42 Å². The molecule has 0 saturated heterocycles. The number of benzene rings is 1. The van der Waals surface area contributed by atoms with E-state index in [4.69, 9.17) is 11.6 Å². The van der Waals surface area contributed by atoms with Crippen molar-refractivity contribution in [1.29, 1.82) is 0 Å². The van der Waals surface area contributed by atoms with Crippen molar-refractivity contribution in [3.63, 3.8) is 0 Å². The first-order valence-electron chi connectivity index (χ1n) is 4.43. The van der Waals surface area contributed by atoms with E-state index in [9.17, 15) is 0 Å². The Hall–Kier alpha value is -0.750. The van der Waals surface area contributed by atoms with E-state index in [0.29, 0.717) is 0 Å². The third-order valence-electron chi connectivity index (χ3n) is 2.17. The quantitative estimate of drug-likeness (QED) is 0.637. The minimum Gasteiger partial charge on any atom is -0.102 e. The van der Waals surface area contributed by atoms with Crippen LogP contribution in [0.4, 0.5) is 0 Å². The summed E-state index contributed by atoms with van der Waals surface area (Å²) in [5, 5.41) is 0.838. The Kier molecular flexibility index (Phi) is 3.56. The highest BCUT2D eigenvalue weighted by atomic mass is 35.5. The molecule has 0 heterocycles. The molecule has 0 aliphatic rings. The van der Waals surface area contributed by atoms with Crippen molar-refractivity contribution in [1.82, 2.24) is 0 Å². The second kappa shape index (κ2) is 4.48. The van der Waals surface area contributed by atoms with Gasteiger partial charge in [-0.05, 0) is 24.5 Å². The third-order valence-corrected chi connectivity index (χ3v) is 2.63. The number of allylic oxidation sites excluding steroid dienone is 1. The van der Waals surface area contributed by atoms with Crippen molar-refractivity contribution in [2.45, 2.75) is 19.3 Å². The summed E-state index contributed by atoms with van der Waals surface area (Å²) in [5.74, 6) is 0.0824. The molecule has 13 heavy (non-hydrogen) atoms. The molecule has 0 bridgehead atoms. The lowest BCUT2D eigenvalue weighted by Gasteiger charge is -2.11. The first-order valence-corrected chi connectivity index (χ1v) is 4.81. The van der Waals surface area contributed by atoms with Gasteiger partial charge in [0.05, 0.1) is 0 Å². The topological polar surface area (TPSA) is 0 Å². The number of hydrogen-bond acceptors (Lipinski definition) is 0. The van der Waals surface area contributed by atoms with Gasteiger partial charge in [0.2, 0.25) is 0 Å². The zero-order chi connectivity index (χ0) is 9.84. The van der Waals surface area contributed by atoms with Crippen LogP contribution in [0.25, 0.3) is 0 Å². The molecule has 0 fully saturated rings. The third kappa shape index (κ3) is 2.13. The van der Waals surface area contributed by atoms with Gasteiger partial charge in [0.15, 0.2) is 0 Å². The molecule has 1 unspecified atom stereocenters. The van der Waals surface area contributed by atoms with E-state index in [0.717, 1.165) is 17.0 Å². The van der Waals surface area contributed by atoms with E-state index < -0.39 is 0 Å². The van der Waals surface area contributed by atoms with E-state index in [-0.39, 0.29) is 5.92 Å². The molecule has 1 atom stereocenters. The Balaban J connectivity index is 3.14. The van der Waals surface area contributed by atoms with E-state index in [1.54, 1.807) is 6.08 Å². The predicted molar refractivity (Wildman–Crippen MR) is 59.1 cm³/mol.